The van der Waals surface area contributed by atoms with Crippen molar-refractivity contribution in [3.05, 3.63) is 40.1 Å². The third kappa shape index (κ3) is 3.52. The zero-order valence-electron chi connectivity index (χ0n) is 9.50. The van der Waals surface area contributed by atoms with E-state index in [1.807, 2.05) is 0 Å². The predicted octanol–water partition coefficient (Wildman–Crippen LogP) is 0.0155. The van der Waals surface area contributed by atoms with Crippen LogP contribution < -0.4 is 16.8 Å². The van der Waals surface area contributed by atoms with E-state index in [1.165, 1.54) is 6.20 Å². The van der Waals surface area contributed by atoms with Gasteiger partial charge in [-0.1, -0.05) is 12.2 Å². The van der Waals surface area contributed by atoms with Crippen molar-refractivity contribution < 1.29 is 9.72 Å². The van der Waals surface area contributed by atoms with Crippen LogP contribution in [0.1, 0.15) is 10.4 Å². The number of nitrogens with two attached hydrogens (primary N) is 2. The summed E-state index contributed by atoms with van der Waals surface area (Å²) < 4.78 is 0. The van der Waals surface area contributed by atoms with E-state index in [0.29, 0.717) is 13.1 Å². The first-order valence-electron chi connectivity index (χ1n) is 5.09. The smallest absolute Gasteiger partial charge is 0.312 e. The zero-order chi connectivity index (χ0) is 13.5. The molecule has 0 radical (unpaired) electrons. The van der Waals surface area contributed by atoms with Crippen LogP contribution in [0.2, 0.25) is 0 Å². The Morgan fingerprint density at radius 1 is 1.56 bits per heavy atom. The first-order valence-corrected chi connectivity index (χ1v) is 5.09. The average molecular weight is 251 g/mol. The van der Waals surface area contributed by atoms with Gasteiger partial charge in [-0.3, -0.25) is 14.9 Å². The van der Waals surface area contributed by atoms with Gasteiger partial charge in [0.1, 0.15) is 0 Å². The molecule has 18 heavy (non-hydrogen) atoms. The second-order valence-electron chi connectivity index (χ2n) is 3.30. The molecule has 0 aliphatic heterocycles. The summed E-state index contributed by atoms with van der Waals surface area (Å²) in [4.78, 5) is 24.9. The third-order valence-electron chi connectivity index (χ3n) is 2.04. The lowest BCUT2D eigenvalue weighted by Crippen LogP contribution is -2.13. The van der Waals surface area contributed by atoms with E-state index < -0.39 is 10.8 Å². The van der Waals surface area contributed by atoms with Crippen molar-refractivity contribution in [1.29, 1.82) is 0 Å². The molecule has 1 heterocycles. The van der Waals surface area contributed by atoms with Gasteiger partial charge in [0, 0.05) is 25.4 Å². The van der Waals surface area contributed by atoms with Gasteiger partial charge in [0.25, 0.3) is 5.91 Å². The number of pyridine rings is 1. The van der Waals surface area contributed by atoms with Crippen LogP contribution in [-0.4, -0.2) is 28.9 Å². The van der Waals surface area contributed by atoms with Crippen molar-refractivity contribution >= 4 is 17.4 Å². The lowest BCUT2D eigenvalue weighted by atomic mass is 10.2. The molecule has 0 atom stereocenters. The van der Waals surface area contributed by atoms with Crippen LogP contribution >= 0.6 is 0 Å². The maximum absolute atomic E-state index is 10.9. The van der Waals surface area contributed by atoms with Crippen LogP contribution in [0.15, 0.2) is 24.4 Å². The molecule has 1 rings (SSSR count). The van der Waals surface area contributed by atoms with Gasteiger partial charge >= 0.3 is 5.69 Å². The van der Waals surface area contributed by atoms with Crippen molar-refractivity contribution in [2.75, 3.05) is 18.4 Å². The van der Waals surface area contributed by atoms with Gasteiger partial charge in [0.05, 0.1) is 10.5 Å². The minimum atomic E-state index is -0.764. The lowest BCUT2D eigenvalue weighted by molar-refractivity contribution is -0.384. The Hall–Kier alpha value is -2.48. The second-order valence-corrected chi connectivity index (χ2v) is 3.30. The number of hydrogen-bond acceptors (Lipinski definition) is 6. The van der Waals surface area contributed by atoms with Gasteiger partial charge in [0.2, 0.25) is 5.82 Å². The van der Waals surface area contributed by atoms with Crippen LogP contribution in [0.25, 0.3) is 0 Å². The van der Waals surface area contributed by atoms with Crippen molar-refractivity contribution in [2.45, 2.75) is 0 Å². The number of nitrogens with zero attached hydrogens (tertiary/aromatic N) is 2. The van der Waals surface area contributed by atoms with Crippen LogP contribution in [0.4, 0.5) is 11.5 Å². The molecule has 0 aromatic carbocycles. The summed E-state index contributed by atoms with van der Waals surface area (Å²) in [5.74, 6) is -0.688. The van der Waals surface area contributed by atoms with Crippen molar-refractivity contribution in [3.8, 4) is 0 Å². The van der Waals surface area contributed by atoms with Gasteiger partial charge in [0.15, 0.2) is 0 Å². The monoisotopic (exact) mass is 251 g/mol. The molecule has 0 aliphatic rings. The number of aromatic nitrogens is 1. The van der Waals surface area contributed by atoms with Crippen LogP contribution in [-0.2, 0) is 0 Å². The van der Waals surface area contributed by atoms with Gasteiger partial charge in [-0.15, -0.1) is 0 Å². The fourth-order valence-electron chi connectivity index (χ4n) is 1.20. The normalized spacial score (nSPS) is 10.5. The van der Waals surface area contributed by atoms with E-state index in [-0.39, 0.29) is 17.1 Å². The molecule has 0 unspecified atom stereocenters. The highest BCUT2D eigenvalue weighted by Crippen LogP contribution is 2.22. The van der Waals surface area contributed by atoms with E-state index >= 15 is 0 Å². The molecule has 1 amide bonds. The highest BCUT2D eigenvalue weighted by atomic mass is 16.6. The van der Waals surface area contributed by atoms with E-state index in [4.69, 9.17) is 11.5 Å². The highest BCUT2D eigenvalue weighted by molar-refractivity contribution is 5.93. The first-order chi connectivity index (χ1) is 8.56. The fourth-order valence-corrected chi connectivity index (χ4v) is 1.20. The Morgan fingerprint density at radius 2 is 2.28 bits per heavy atom. The molecular weight excluding hydrogens is 238 g/mol. The molecule has 0 spiro atoms. The number of amides is 1. The summed E-state index contributed by atoms with van der Waals surface area (Å²) in [7, 11) is 0. The van der Waals surface area contributed by atoms with Gasteiger partial charge in [-0.2, -0.15) is 0 Å². The molecule has 1 aromatic rings. The SMILES string of the molecule is NCC=CCNc1ncc(C(N)=O)cc1[N+](=O)[O-]. The maximum atomic E-state index is 10.9. The molecule has 8 heteroatoms. The topological polar surface area (TPSA) is 137 Å². The number of anilines is 1. The predicted molar refractivity (Wildman–Crippen MR) is 66.1 cm³/mol. The number of carbonyl (C=O) groups excluding carboxylic acids is 1. The van der Waals surface area contributed by atoms with E-state index in [1.54, 1.807) is 12.2 Å². The highest BCUT2D eigenvalue weighted by Gasteiger charge is 2.17. The number of carbonyl (C=O) groups is 1. The molecule has 0 saturated heterocycles. The number of rotatable bonds is 6. The van der Waals surface area contributed by atoms with Crippen LogP contribution in [0.5, 0.6) is 0 Å². The molecule has 0 bridgehead atoms. The third-order valence-corrected chi connectivity index (χ3v) is 2.04. The Bertz CT molecular complexity index is 486. The van der Waals surface area contributed by atoms with Gasteiger partial charge in [-0.25, -0.2) is 4.98 Å². The number of primary amides is 1. The lowest BCUT2D eigenvalue weighted by Gasteiger charge is -2.04. The van der Waals surface area contributed by atoms with Crippen molar-refractivity contribution in [3.63, 3.8) is 0 Å². The molecule has 0 saturated carbocycles. The molecule has 0 aliphatic carbocycles. The summed E-state index contributed by atoms with van der Waals surface area (Å²) in [5.41, 5.74) is 9.97. The quantitative estimate of drug-likeness (QED) is 0.370. The summed E-state index contributed by atoms with van der Waals surface area (Å²) in [5, 5.41) is 13.6. The van der Waals surface area contributed by atoms with E-state index in [0.717, 1.165) is 6.07 Å². The van der Waals surface area contributed by atoms with Crippen molar-refractivity contribution in [1.82, 2.24) is 4.98 Å². The molecule has 0 fully saturated rings. The molecule has 5 N–H and O–H groups in total. The van der Waals surface area contributed by atoms with Gasteiger partial charge in [-0.05, 0) is 0 Å². The second kappa shape index (κ2) is 6.30. The fraction of sp³-hybridized carbons (Fsp3) is 0.200. The summed E-state index contributed by atoms with van der Waals surface area (Å²) in [6, 6.07) is 1.09. The molecule has 1 aromatic heterocycles. The minimum absolute atomic E-state index is 0.00949. The van der Waals surface area contributed by atoms with E-state index in [2.05, 4.69) is 10.3 Å². The first kappa shape index (κ1) is 13.6. The summed E-state index contributed by atoms with van der Waals surface area (Å²) >= 11 is 0. The molecular formula is C10H13N5O3. The summed E-state index contributed by atoms with van der Waals surface area (Å²) in [6.45, 7) is 0.735. The molecule has 96 valence electrons. The van der Waals surface area contributed by atoms with E-state index in [9.17, 15) is 14.9 Å². The van der Waals surface area contributed by atoms with Gasteiger partial charge < -0.3 is 16.8 Å². The largest absolute Gasteiger partial charge is 0.366 e. The maximum Gasteiger partial charge on any atom is 0.312 e. The number of nitro groups is 1. The Balaban J connectivity index is 2.93. The summed E-state index contributed by atoms with van der Waals surface area (Å²) in [6.07, 6.45) is 4.61. The average Bonchev–Trinajstić information content (AvgIpc) is 2.34. The number of hydrogen-bond donors (Lipinski definition) is 3. The number of nitrogens with one attached hydrogen (secondary N) is 1. The van der Waals surface area contributed by atoms with Crippen LogP contribution in [0, 0.1) is 10.1 Å². The van der Waals surface area contributed by atoms with Crippen LogP contribution in [0.3, 0.4) is 0 Å². The Morgan fingerprint density at radius 3 is 2.83 bits per heavy atom. The Kier molecular flexibility index (Phi) is 4.76. The minimum Gasteiger partial charge on any atom is -0.366 e. The zero-order valence-corrected chi connectivity index (χ0v) is 9.50. The van der Waals surface area contributed by atoms with Crippen molar-refractivity contribution in [2.24, 2.45) is 11.5 Å². The Labute approximate surface area is 103 Å². The standard InChI is InChI=1S/C10H13N5O3/c11-3-1-2-4-13-10-8(15(17)18)5-7(6-14-10)9(12)16/h1-2,5-6H,3-4,11H2,(H2,12,16)(H,13,14). The molecule has 8 nitrogen and oxygen atoms in total.